The van der Waals surface area contributed by atoms with Crippen molar-refractivity contribution in [3.63, 3.8) is 0 Å². The first-order chi connectivity index (χ1) is 19.9. The van der Waals surface area contributed by atoms with E-state index in [9.17, 15) is 19.4 Å². The van der Waals surface area contributed by atoms with Crippen molar-refractivity contribution in [2.24, 2.45) is 0 Å². The van der Waals surface area contributed by atoms with Crippen LogP contribution in [0, 0.1) is 0 Å². The number of aliphatic hydroxyl groups excluding tert-OH is 1. The minimum atomic E-state index is -4.08. The Morgan fingerprint density at radius 3 is 2.10 bits per heavy atom. The predicted molar refractivity (Wildman–Crippen MR) is 161 cm³/mol. The van der Waals surface area contributed by atoms with Crippen molar-refractivity contribution in [1.29, 1.82) is 0 Å². The quantitative estimate of drug-likeness (QED) is 0.0614. The molecule has 2 atom stereocenters. The number of unbranched alkanes of at least 4 members (excludes halogenated alkanes) is 15. The Morgan fingerprint density at radius 1 is 0.976 bits per heavy atom. The van der Waals surface area contributed by atoms with Crippen LogP contribution in [0.4, 0.5) is 5.95 Å². The minimum Gasteiger partial charge on any atom is -0.394 e. The number of ether oxygens (including phenoxy) is 2. The van der Waals surface area contributed by atoms with Gasteiger partial charge in [0.05, 0.1) is 25.6 Å². The number of nitrogen functional groups attached to an aromatic ring is 1. The molecule has 13 heteroatoms. The van der Waals surface area contributed by atoms with E-state index in [1.165, 1.54) is 101 Å². The van der Waals surface area contributed by atoms with Gasteiger partial charge < -0.3 is 29.8 Å². The van der Waals surface area contributed by atoms with Crippen molar-refractivity contribution in [1.82, 2.24) is 19.5 Å². The summed E-state index contributed by atoms with van der Waals surface area (Å²) in [6.07, 6.45) is 20.6. The normalized spacial score (nSPS) is 14.0. The largest absolute Gasteiger partial charge is 0.394 e. The summed E-state index contributed by atoms with van der Waals surface area (Å²) in [5, 5.41) is 9.64. The van der Waals surface area contributed by atoms with Crippen LogP contribution in [0.25, 0.3) is 11.2 Å². The third-order valence-electron chi connectivity index (χ3n) is 7.05. The number of aromatic amines is 1. The van der Waals surface area contributed by atoms with Gasteiger partial charge in [-0.3, -0.25) is 18.9 Å². The molecular formula is C28H52N5O7P. The van der Waals surface area contributed by atoms with Crippen LogP contribution in [0.2, 0.25) is 0 Å². The fourth-order valence-corrected chi connectivity index (χ4v) is 5.37. The Bertz CT molecular complexity index is 1060. The highest BCUT2D eigenvalue weighted by Gasteiger charge is 2.23. The van der Waals surface area contributed by atoms with E-state index >= 15 is 0 Å². The van der Waals surface area contributed by atoms with Crippen molar-refractivity contribution in [3.8, 4) is 0 Å². The van der Waals surface area contributed by atoms with Gasteiger partial charge in [-0.1, -0.05) is 103 Å². The average molecular weight is 602 g/mol. The zero-order chi connectivity index (χ0) is 29.8. The van der Waals surface area contributed by atoms with Crippen LogP contribution in [-0.4, -0.2) is 62.0 Å². The number of aliphatic hydroxyl groups is 1. The zero-order valence-electron chi connectivity index (χ0n) is 24.8. The molecule has 12 nitrogen and oxygen atoms in total. The fourth-order valence-electron chi connectivity index (χ4n) is 4.65. The molecule has 0 saturated carbocycles. The molecular weight excluding hydrogens is 549 g/mol. The molecule has 2 rings (SSSR count). The number of aromatic nitrogens is 4. The van der Waals surface area contributed by atoms with E-state index in [0.717, 1.165) is 12.8 Å². The molecule has 0 aliphatic rings. The van der Waals surface area contributed by atoms with Crippen LogP contribution >= 0.6 is 7.60 Å². The summed E-state index contributed by atoms with van der Waals surface area (Å²) < 4.78 is 29.5. The van der Waals surface area contributed by atoms with E-state index in [-0.39, 0.29) is 30.4 Å². The summed E-state index contributed by atoms with van der Waals surface area (Å²) in [5.74, 6) is -0.0708. The van der Waals surface area contributed by atoms with Crippen LogP contribution in [0.3, 0.4) is 0 Å². The number of nitrogens with two attached hydrogens (primary N) is 1. The summed E-state index contributed by atoms with van der Waals surface area (Å²) in [5.41, 5.74) is 5.41. The van der Waals surface area contributed by atoms with E-state index < -0.39 is 32.2 Å². The lowest BCUT2D eigenvalue weighted by Crippen LogP contribution is -2.25. The smallest absolute Gasteiger partial charge is 0.355 e. The van der Waals surface area contributed by atoms with Gasteiger partial charge in [-0.25, -0.2) is 4.98 Å². The van der Waals surface area contributed by atoms with Gasteiger partial charge in [0, 0.05) is 6.61 Å². The lowest BCUT2D eigenvalue weighted by Gasteiger charge is -2.18. The second kappa shape index (κ2) is 21.0. The van der Waals surface area contributed by atoms with E-state index in [0.29, 0.717) is 6.61 Å². The van der Waals surface area contributed by atoms with Gasteiger partial charge >= 0.3 is 7.60 Å². The van der Waals surface area contributed by atoms with E-state index in [4.69, 9.17) is 19.7 Å². The minimum absolute atomic E-state index is 0.0403. The fraction of sp³-hybridized carbons (Fsp3) is 0.821. The van der Waals surface area contributed by atoms with Gasteiger partial charge in [-0.15, -0.1) is 0 Å². The number of imidazole rings is 1. The maximum absolute atomic E-state index is 12.3. The number of H-pyrrole nitrogens is 1. The van der Waals surface area contributed by atoms with Crippen LogP contribution in [-0.2, 0) is 25.1 Å². The van der Waals surface area contributed by atoms with Gasteiger partial charge in [-0.05, 0) is 6.42 Å². The topological polar surface area (TPSA) is 175 Å². The molecule has 236 valence electrons. The molecule has 2 aromatic heterocycles. The van der Waals surface area contributed by atoms with Crippen molar-refractivity contribution in [3.05, 3.63) is 16.7 Å². The number of nitrogens with zero attached hydrogens (tertiary/aromatic N) is 3. The summed E-state index contributed by atoms with van der Waals surface area (Å²) in [6, 6.07) is 0. The molecule has 0 aliphatic carbocycles. The number of fused-ring (bicyclic) bond motifs is 1. The van der Waals surface area contributed by atoms with Crippen LogP contribution < -0.4 is 11.3 Å². The molecule has 0 aromatic carbocycles. The second-order valence-electron chi connectivity index (χ2n) is 10.7. The predicted octanol–water partition coefficient (Wildman–Crippen LogP) is 5.47. The zero-order valence-corrected chi connectivity index (χ0v) is 25.7. The van der Waals surface area contributed by atoms with E-state index in [1.807, 2.05) is 0 Å². The van der Waals surface area contributed by atoms with Gasteiger partial charge in [0.25, 0.3) is 5.56 Å². The number of rotatable bonds is 26. The first kappa shape index (κ1) is 35.4. The highest BCUT2D eigenvalue weighted by molar-refractivity contribution is 7.52. The molecule has 0 aliphatic heterocycles. The van der Waals surface area contributed by atoms with Gasteiger partial charge in [-0.2, -0.15) is 4.98 Å². The molecule has 2 heterocycles. The Balaban J connectivity index is 1.44. The van der Waals surface area contributed by atoms with Crippen molar-refractivity contribution < 1.29 is 28.6 Å². The average Bonchev–Trinajstić information content (AvgIpc) is 3.34. The molecule has 1 unspecified atom stereocenters. The lowest BCUT2D eigenvalue weighted by atomic mass is 10.0. The first-order valence-corrected chi connectivity index (χ1v) is 17.1. The van der Waals surface area contributed by atoms with Gasteiger partial charge in [0.2, 0.25) is 5.95 Å². The summed E-state index contributed by atoms with van der Waals surface area (Å²) in [6.45, 7) is 2.02. The summed E-state index contributed by atoms with van der Waals surface area (Å²) >= 11 is 0. The monoisotopic (exact) mass is 601 g/mol. The molecule has 0 fully saturated rings. The number of anilines is 1. The molecule has 2 aromatic rings. The second-order valence-corrected chi connectivity index (χ2v) is 12.5. The summed E-state index contributed by atoms with van der Waals surface area (Å²) in [7, 11) is -4.08. The maximum Gasteiger partial charge on any atom is 0.355 e. The standard InChI is InChI=1S/C28H52N5O7P/c1-2-3-4-5-6-7-8-9-10-11-12-13-14-15-16-17-18-38-22-40-41(36,37)23-39-24(20-34)19-33-21-30-25-26(33)31-28(29)32-27(25)35/h21,24,34H,2-20,22-23H2,1H3,(H,36,37)(H3,29,31,32,35)/t24-/m0/s1. The molecule has 5 N–H and O–H groups in total. The SMILES string of the molecule is CCCCCCCCCCCCCCCCCCOCOP(=O)(O)CO[C@H](CO)Cn1cnc2c(=O)[nH]c(N)nc21. The number of hydrogen-bond donors (Lipinski definition) is 4. The maximum atomic E-state index is 12.3. The highest BCUT2D eigenvalue weighted by Crippen LogP contribution is 2.42. The third kappa shape index (κ3) is 15.3. The number of hydrogen-bond acceptors (Lipinski definition) is 9. The Hall–Kier alpha value is -1.82. The highest BCUT2D eigenvalue weighted by atomic mass is 31.2. The van der Waals surface area contributed by atoms with Crippen molar-refractivity contribution >= 4 is 24.7 Å². The Kier molecular flexibility index (Phi) is 18.1. The Labute approximate surface area is 243 Å². The Morgan fingerprint density at radius 2 is 1.54 bits per heavy atom. The van der Waals surface area contributed by atoms with E-state index in [1.54, 1.807) is 0 Å². The van der Waals surface area contributed by atoms with Crippen LogP contribution in [0.15, 0.2) is 11.1 Å². The molecule has 0 spiro atoms. The molecule has 0 radical (unpaired) electrons. The van der Waals surface area contributed by atoms with Gasteiger partial charge in [0.1, 0.15) is 6.35 Å². The first-order valence-electron chi connectivity index (χ1n) is 15.3. The van der Waals surface area contributed by atoms with Crippen LogP contribution in [0.1, 0.15) is 110 Å². The van der Waals surface area contributed by atoms with Gasteiger partial charge in [0.15, 0.2) is 18.0 Å². The van der Waals surface area contributed by atoms with Crippen molar-refractivity contribution in [2.75, 3.05) is 32.1 Å². The third-order valence-corrected chi connectivity index (χ3v) is 8.03. The number of nitrogens with one attached hydrogen (secondary N) is 1. The van der Waals surface area contributed by atoms with Crippen LogP contribution in [0.5, 0.6) is 0 Å². The summed E-state index contributed by atoms with van der Waals surface area (Å²) in [4.78, 5) is 32.3. The van der Waals surface area contributed by atoms with Crippen molar-refractivity contribution in [2.45, 2.75) is 122 Å². The molecule has 0 amide bonds. The molecule has 41 heavy (non-hydrogen) atoms. The van der Waals surface area contributed by atoms with E-state index in [2.05, 4.69) is 21.9 Å². The molecule has 0 saturated heterocycles. The lowest BCUT2D eigenvalue weighted by molar-refractivity contribution is -0.0108. The molecule has 0 bridgehead atoms.